The number of hydrogen-bond acceptors (Lipinski definition) is 5. The SMILES string of the molecule is CC(=O)C(O)[C@H]1OCC[C@@H](Br)[C@@]1(O)C(C)=O. The topological polar surface area (TPSA) is 83.8 Å². The normalized spacial score (nSPS) is 36.8. The lowest BCUT2D eigenvalue weighted by Crippen LogP contribution is -2.64. The van der Waals surface area contributed by atoms with Gasteiger partial charge in [0.2, 0.25) is 0 Å². The fraction of sp³-hybridized carbons (Fsp3) is 0.800. The van der Waals surface area contributed by atoms with Crippen molar-refractivity contribution in [1.29, 1.82) is 0 Å². The first-order valence-electron chi connectivity index (χ1n) is 4.99. The van der Waals surface area contributed by atoms with Crippen molar-refractivity contribution in [2.45, 2.75) is 42.9 Å². The quantitative estimate of drug-likeness (QED) is 0.705. The highest BCUT2D eigenvalue weighted by atomic mass is 79.9. The van der Waals surface area contributed by atoms with Crippen LogP contribution in [0.15, 0.2) is 0 Å². The highest BCUT2D eigenvalue weighted by Gasteiger charge is 2.54. The van der Waals surface area contributed by atoms with E-state index in [1.165, 1.54) is 13.8 Å². The number of carbonyl (C=O) groups is 2. The summed E-state index contributed by atoms with van der Waals surface area (Å²) in [7, 11) is 0. The van der Waals surface area contributed by atoms with E-state index in [2.05, 4.69) is 15.9 Å². The van der Waals surface area contributed by atoms with Crippen LogP contribution in [-0.4, -0.2) is 51.0 Å². The van der Waals surface area contributed by atoms with Crippen LogP contribution < -0.4 is 0 Å². The van der Waals surface area contributed by atoms with Crippen molar-refractivity contribution in [1.82, 2.24) is 0 Å². The predicted molar refractivity (Wildman–Crippen MR) is 59.4 cm³/mol. The smallest absolute Gasteiger partial charge is 0.165 e. The predicted octanol–water partition coefficient (Wildman–Crippen LogP) is -0.191. The molecule has 1 aliphatic heterocycles. The van der Waals surface area contributed by atoms with Gasteiger partial charge in [-0.25, -0.2) is 0 Å². The molecule has 0 spiro atoms. The molecule has 0 aliphatic carbocycles. The average Bonchev–Trinajstić information content (AvgIpc) is 2.20. The zero-order valence-electron chi connectivity index (χ0n) is 9.14. The number of ether oxygens (including phenoxy) is 1. The van der Waals surface area contributed by atoms with E-state index in [0.717, 1.165) is 0 Å². The van der Waals surface area contributed by atoms with E-state index >= 15 is 0 Å². The van der Waals surface area contributed by atoms with Crippen LogP contribution in [0, 0.1) is 0 Å². The summed E-state index contributed by atoms with van der Waals surface area (Å²) < 4.78 is 5.18. The van der Waals surface area contributed by atoms with Crippen LogP contribution in [0.1, 0.15) is 20.3 Å². The number of Topliss-reactive ketones (excluding diaryl/α,β-unsaturated/α-hetero) is 2. The zero-order chi connectivity index (χ0) is 12.5. The molecule has 5 nitrogen and oxygen atoms in total. The summed E-state index contributed by atoms with van der Waals surface area (Å²) >= 11 is 3.20. The molecule has 1 fully saturated rings. The lowest BCUT2D eigenvalue weighted by Gasteiger charge is -2.42. The molecule has 4 atom stereocenters. The minimum Gasteiger partial charge on any atom is -0.382 e. The fourth-order valence-electron chi connectivity index (χ4n) is 1.79. The highest BCUT2D eigenvalue weighted by Crippen LogP contribution is 2.34. The number of ketones is 2. The second kappa shape index (κ2) is 4.91. The first kappa shape index (κ1) is 13.8. The van der Waals surface area contributed by atoms with Crippen LogP contribution in [-0.2, 0) is 14.3 Å². The van der Waals surface area contributed by atoms with Crippen molar-refractivity contribution in [2.75, 3.05) is 6.61 Å². The molecule has 1 aliphatic rings. The maximum absolute atomic E-state index is 11.5. The van der Waals surface area contributed by atoms with Gasteiger partial charge >= 0.3 is 0 Å². The van der Waals surface area contributed by atoms with Gasteiger partial charge in [-0.3, -0.25) is 9.59 Å². The Morgan fingerprint density at radius 3 is 2.50 bits per heavy atom. The Kier molecular flexibility index (Phi) is 4.23. The monoisotopic (exact) mass is 294 g/mol. The molecular weight excluding hydrogens is 280 g/mol. The number of aliphatic hydroxyl groups excluding tert-OH is 1. The van der Waals surface area contributed by atoms with E-state index in [4.69, 9.17) is 4.74 Å². The van der Waals surface area contributed by atoms with Crippen molar-refractivity contribution in [3.8, 4) is 0 Å². The molecule has 0 amide bonds. The van der Waals surface area contributed by atoms with E-state index < -0.39 is 34.2 Å². The Bertz CT molecular complexity index is 306. The minimum absolute atomic E-state index is 0.278. The zero-order valence-corrected chi connectivity index (χ0v) is 10.7. The number of alkyl halides is 1. The summed E-state index contributed by atoms with van der Waals surface area (Å²) in [5.41, 5.74) is -1.86. The first-order chi connectivity index (χ1) is 7.31. The summed E-state index contributed by atoms with van der Waals surface area (Å²) in [6.07, 6.45) is -2.26. The molecule has 16 heavy (non-hydrogen) atoms. The van der Waals surface area contributed by atoms with Crippen molar-refractivity contribution in [3.63, 3.8) is 0 Å². The number of hydrogen-bond donors (Lipinski definition) is 2. The maximum Gasteiger partial charge on any atom is 0.165 e. The molecule has 0 bridgehead atoms. The largest absolute Gasteiger partial charge is 0.382 e. The summed E-state index contributed by atoms with van der Waals surface area (Å²) in [5, 5.41) is 19.9. The van der Waals surface area contributed by atoms with E-state index in [1.54, 1.807) is 0 Å². The lowest BCUT2D eigenvalue weighted by molar-refractivity contribution is -0.187. The van der Waals surface area contributed by atoms with Crippen LogP contribution in [0.4, 0.5) is 0 Å². The van der Waals surface area contributed by atoms with Gasteiger partial charge in [-0.05, 0) is 20.3 Å². The highest BCUT2D eigenvalue weighted by molar-refractivity contribution is 9.09. The molecule has 1 heterocycles. The van der Waals surface area contributed by atoms with Crippen molar-refractivity contribution in [2.24, 2.45) is 0 Å². The van der Waals surface area contributed by atoms with Gasteiger partial charge in [0.1, 0.15) is 12.2 Å². The van der Waals surface area contributed by atoms with Gasteiger partial charge in [-0.15, -0.1) is 0 Å². The summed E-state index contributed by atoms with van der Waals surface area (Å²) in [5.74, 6) is -1.06. The molecule has 0 saturated carbocycles. The van der Waals surface area contributed by atoms with Gasteiger partial charge in [-0.2, -0.15) is 0 Å². The van der Waals surface area contributed by atoms with Gasteiger partial charge in [0.05, 0.1) is 4.83 Å². The molecule has 0 aromatic carbocycles. The summed E-state index contributed by atoms with van der Waals surface area (Å²) in [4.78, 5) is 22.1. The molecule has 0 aromatic rings. The molecule has 2 N–H and O–H groups in total. The van der Waals surface area contributed by atoms with Crippen LogP contribution >= 0.6 is 15.9 Å². The Balaban J connectivity index is 3.04. The molecule has 0 aromatic heterocycles. The van der Waals surface area contributed by atoms with Gasteiger partial charge in [0, 0.05) is 6.61 Å². The second-order valence-electron chi connectivity index (χ2n) is 3.98. The number of rotatable bonds is 3. The number of carbonyl (C=O) groups excluding carboxylic acids is 2. The molecule has 6 heteroatoms. The minimum atomic E-state index is -1.86. The van der Waals surface area contributed by atoms with Crippen LogP contribution in [0.2, 0.25) is 0 Å². The van der Waals surface area contributed by atoms with Gasteiger partial charge in [0.15, 0.2) is 17.2 Å². The van der Waals surface area contributed by atoms with E-state index in [1.807, 2.05) is 0 Å². The maximum atomic E-state index is 11.5. The van der Waals surface area contributed by atoms with E-state index in [0.29, 0.717) is 6.42 Å². The van der Waals surface area contributed by atoms with E-state index in [9.17, 15) is 19.8 Å². The van der Waals surface area contributed by atoms with Gasteiger partial charge < -0.3 is 14.9 Å². The van der Waals surface area contributed by atoms with Crippen LogP contribution in [0.3, 0.4) is 0 Å². The third kappa shape index (κ3) is 2.20. The Hall–Kier alpha value is -0.300. The molecule has 1 unspecified atom stereocenters. The van der Waals surface area contributed by atoms with Crippen LogP contribution in [0.5, 0.6) is 0 Å². The molecule has 0 radical (unpaired) electrons. The van der Waals surface area contributed by atoms with Crippen molar-refractivity contribution in [3.05, 3.63) is 0 Å². The Morgan fingerprint density at radius 1 is 1.50 bits per heavy atom. The second-order valence-corrected chi connectivity index (χ2v) is 5.09. The van der Waals surface area contributed by atoms with Gasteiger partial charge in [-0.1, -0.05) is 15.9 Å². The van der Waals surface area contributed by atoms with Crippen LogP contribution in [0.25, 0.3) is 0 Å². The average molecular weight is 295 g/mol. The number of halogens is 1. The summed E-state index contributed by atoms with van der Waals surface area (Å²) in [6, 6.07) is 0. The molecule has 1 saturated heterocycles. The molecule has 1 rings (SSSR count). The number of aliphatic hydroxyl groups is 2. The lowest BCUT2D eigenvalue weighted by atomic mass is 9.82. The van der Waals surface area contributed by atoms with Gasteiger partial charge in [0.25, 0.3) is 0 Å². The first-order valence-corrected chi connectivity index (χ1v) is 5.91. The molecular formula is C10H15BrO5. The Labute approximate surface area is 102 Å². The molecule has 92 valence electrons. The third-order valence-electron chi connectivity index (χ3n) is 2.85. The van der Waals surface area contributed by atoms with Crippen molar-refractivity contribution < 1.29 is 24.5 Å². The van der Waals surface area contributed by atoms with Crippen molar-refractivity contribution >= 4 is 27.5 Å². The Morgan fingerprint density at radius 2 is 2.06 bits per heavy atom. The fourth-order valence-corrected chi connectivity index (χ4v) is 2.56. The third-order valence-corrected chi connectivity index (χ3v) is 4.00. The standard InChI is InChI=1S/C10H15BrO5/c1-5(12)8(14)9-10(15,6(2)13)7(11)3-4-16-9/h7-9,14-15H,3-4H2,1-2H3/t7-,8?,9-,10+/m1/s1. The summed E-state index contributed by atoms with van der Waals surface area (Å²) in [6.45, 7) is 2.68. The van der Waals surface area contributed by atoms with E-state index in [-0.39, 0.29) is 6.61 Å².